The first-order chi connectivity index (χ1) is 12.8. The second kappa shape index (κ2) is 8.29. The Labute approximate surface area is 166 Å². The van der Waals surface area contributed by atoms with Crippen LogP contribution >= 0.6 is 23.5 Å². The number of imide groups is 1. The molecule has 3 atom stereocenters. The van der Waals surface area contributed by atoms with Crippen LogP contribution in [0, 0.1) is 5.92 Å². The van der Waals surface area contributed by atoms with Crippen molar-refractivity contribution in [1.82, 2.24) is 10.0 Å². The molecule has 1 aromatic carbocycles. The molecule has 3 unspecified atom stereocenters. The first-order valence-electron chi connectivity index (χ1n) is 8.43. The minimum absolute atomic E-state index is 0.350. The number of rotatable bonds is 5. The Balaban J connectivity index is 1.62. The van der Waals surface area contributed by atoms with Gasteiger partial charge in [-0.3, -0.25) is 10.1 Å². The number of ether oxygens (including phenoxy) is 1. The van der Waals surface area contributed by atoms with E-state index in [1.54, 1.807) is 13.8 Å². The molecule has 148 valence electrons. The summed E-state index contributed by atoms with van der Waals surface area (Å²) in [5.74, 6) is -0.553. The SMILES string of the molecule is CC(C)OC(=O)NC(=O)C1CCSC1NS(=O)(=O)C1Nc2ccccc2S1. The number of sulfonamides is 1. The number of fused-ring (bicyclic) bond motifs is 1. The van der Waals surface area contributed by atoms with Gasteiger partial charge in [-0.25, -0.2) is 13.2 Å². The number of thioether (sulfide) groups is 2. The van der Waals surface area contributed by atoms with Crippen molar-refractivity contribution in [2.24, 2.45) is 5.92 Å². The molecule has 2 amide bonds. The number of nitrogens with one attached hydrogen (secondary N) is 3. The number of anilines is 1. The summed E-state index contributed by atoms with van der Waals surface area (Å²) in [6, 6.07) is 7.35. The number of carbonyl (C=O) groups excluding carboxylic acids is 2. The van der Waals surface area contributed by atoms with Crippen LogP contribution in [0.4, 0.5) is 10.5 Å². The predicted octanol–water partition coefficient (Wildman–Crippen LogP) is 2.15. The summed E-state index contributed by atoms with van der Waals surface area (Å²) in [5.41, 5.74) is 0.766. The Morgan fingerprint density at radius 1 is 1.30 bits per heavy atom. The molecule has 1 fully saturated rings. The van der Waals surface area contributed by atoms with Crippen molar-refractivity contribution in [3.05, 3.63) is 24.3 Å². The molecule has 27 heavy (non-hydrogen) atoms. The quantitative estimate of drug-likeness (QED) is 0.650. The molecule has 11 heteroatoms. The van der Waals surface area contributed by atoms with Crippen molar-refractivity contribution in [3.8, 4) is 0 Å². The van der Waals surface area contributed by atoms with Crippen molar-refractivity contribution in [1.29, 1.82) is 0 Å². The topological polar surface area (TPSA) is 114 Å². The second-order valence-corrected chi connectivity index (χ2v) is 10.9. The molecule has 3 rings (SSSR count). The molecule has 0 bridgehead atoms. The number of hydrogen-bond donors (Lipinski definition) is 3. The number of benzene rings is 1. The molecule has 1 saturated heterocycles. The van der Waals surface area contributed by atoms with Gasteiger partial charge in [0.2, 0.25) is 15.9 Å². The van der Waals surface area contributed by atoms with E-state index < -0.39 is 38.0 Å². The highest BCUT2D eigenvalue weighted by Gasteiger charge is 2.40. The van der Waals surface area contributed by atoms with Crippen LogP contribution in [-0.2, 0) is 19.6 Å². The highest BCUT2D eigenvalue weighted by atomic mass is 32.3. The van der Waals surface area contributed by atoms with E-state index in [9.17, 15) is 18.0 Å². The monoisotopic (exact) mass is 431 g/mol. The Hall–Kier alpha value is -1.43. The largest absolute Gasteiger partial charge is 0.447 e. The van der Waals surface area contributed by atoms with Gasteiger partial charge in [0.1, 0.15) is 0 Å². The fourth-order valence-corrected chi connectivity index (χ4v) is 7.25. The summed E-state index contributed by atoms with van der Waals surface area (Å²) >= 11 is 2.56. The Morgan fingerprint density at radius 2 is 2.04 bits per heavy atom. The summed E-state index contributed by atoms with van der Waals surface area (Å²) in [4.78, 5) is 24.8. The van der Waals surface area contributed by atoms with E-state index in [0.29, 0.717) is 12.2 Å². The molecule has 2 aliphatic heterocycles. The van der Waals surface area contributed by atoms with E-state index in [4.69, 9.17) is 4.74 Å². The minimum atomic E-state index is -3.74. The standard InChI is InChI=1S/C16H21N3O5S3/c1-9(2)24-15(21)18-13(20)10-7-8-25-14(10)19-27(22,23)16-17-11-5-3-4-6-12(11)26-16/h3-6,9-10,14,16-17,19H,7-8H2,1-2H3,(H,18,20,21). The zero-order chi connectivity index (χ0) is 19.6. The van der Waals surface area contributed by atoms with Gasteiger partial charge in [-0.1, -0.05) is 23.9 Å². The first kappa shape index (κ1) is 20.3. The molecular formula is C16H21N3O5S3. The smallest absolute Gasteiger partial charge is 0.414 e. The number of hydrogen-bond acceptors (Lipinski definition) is 8. The minimum Gasteiger partial charge on any atom is -0.447 e. The Kier molecular flexibility index (Phi) is 6.24. The van der Waals surface area contributed by atoms with Crippen molar-refractivity contribution < 1.29 is 22.7 Å². The van der Waals surface area contributed by atoms with Gasteiger partial charge in [-0.2, -0.15) is 4.72 Å². The van der Waals surface area contributed by atoms with Crippen molar-refractivity contribution in [3.63, 3.8) is 0 Å². The van der Waals surface area contributed by atoms with Crippen LogP contribution in [0.5, 0.6) is 0 Å². The summed E-state index contributed by atoms with van der Waals surface area (Å²) in [7, 11) is -3.74. The van der Waals surface area contributed by atoms with E-state index in [1.165, 1.54) is 23.5 Å². The fourth-order valence-electron chi connectivity index (χ4n) is 2.74. The molecule has 3 N–H and O–H groups in total. The first-order valence-corrected chi connectivity index (χ1v) is 11.9. The van der Waals surface area contributed by atoms with Crippen molar-refractivity contribution in [2.45, 2.75) is 41.3 Å². The van der Waals surface area contributed by atoms with Gasteiger partial charge < -0.3 is 10.1 Å². The summed E-state index contributed by atoms with van der Waals surface area (Å²) in [6.45, 7) is 3.35. The highest BCUT2D eigenvalue weighted by Crippen LogP contribution is 2.41. The lowest BCUT2D eigenvalue weighted by Crippen LogP contribution is -2.47. The average Bonchev–Trinajstić information content (AvgIpc) is 3.20. The Morgan fingerprint density at radius 3 is 2.74 bits per heavy atom. The van der Waals surface area contributed by atoms with E-state index in [-0.39, 0.29) is 6.10 Å². The lowest BCUT2D eigenvalue weighted by molar-refractivity contribution is -0.124. The molecular weight excluding hydrogens is 410 g/mol. The molecule has 0 aliphatic carbocycles. The number of alkyl carbamates (subject to hydrolysis) is 1. The zero-order valence-corrected chi connectivity index (χ0v) is 17.2. The third-order valence-electron chi connectivity index (χ3n) is 3.95. The lowest BCUT2D eigenvalue weighted by atomic mass is 10.1. The summed E-state index contributed by atoms with van der Waals surface area (Å²) in [6.07, 6.45) is -0.696. The van der Waals surface area contributed by atoms with E-state index in [1.807, 2.05) is 24.3 Å². The third kappa shape index (κ3) is 4.89. The van der Waals surface area contributed by atoms with E-state index >= 15 is 0 Å². The van der Waals surface area contributed by atoms with Gasteiger partial charge in [0.15, 0.2) is 4.71 Å². The van der Waals surface area contributed by atoms with Crippen molar-refractivity contribution >= 4 is 51.2 Å². The third-order valence-corrected chi connectivity index (χ3v) is 8.63. The number of carbonyl (C=O) groups is 2. The molecule has 1 aromatic rings. The maximum Gasteiger partial charge on any atom is 0.414 e. The van der Waals surface area contributed by atoms with Gasteiger partial charge in [-0.15, -0.1) is 11.8 Å². The van der Waals surface area contributed by atoms with Crippen LogP contribution < -0.4 is 15.4 Å². The highest BCUT2D eigenvalue weighted by molar-refractivity contribution is 8.13. The molecule has 0 spiro atoms. The number of para-hydroxylation sites is 1. The normalized spacial score (nSPS) is 24.3. The summed E-state index contributed by atoms with van der Waals surface area (Å²) < 4.78 is 32.2. The fraction of sp³-hybridized carbons (Fsp3) is 0.500. The van der Waals surface area contributed by atoms with Crippen LogP contribution in [0.3, 0.4) is 0 Å². The molecule has 2 heterocycles. The Bertz CT molecular complexity index is 805. The van der Waals surface area contributed by atoms with Gasteiger partial charge in [-0.05, 0) is 38.2 Å². The zero-order valence-electron chi connectivity index (χ0n) is 14.8. The molecule has 8 nitrogen and oxygen atoms in total. The molecule has 0 saturated carbocycles. The summed E-state index contributed by atoms with van der Waals surface area (Å²) in [5, 5.41) is 4.53. The van der Waals surface area contributed by atoms with Gasteiger partial charge in [0.25, 0.3) is 0 Å². The van der Waals surface area contributed by atoms with Crippen LogP contribution in [0.2, 0.25) is 0 Å². The molecule has 0 aromatic heterocycles. The van der Waals surface area contributed by atoms with Crippen LogP contribution in [0.1, 0.15) is 20.3 Å². The van der Waals surface area contributed by atoms with Crippen molar-refractivity contribution in [2.75, 3.05) is 11.1 Å². The van der Waals surface area contributed by atoms with Crippen LogP contribution in [-0.4, -0.2) is 42.4 Å². The van der Waals surface area contributed by atoms with E-state index in [2.05, 4.69) is 15.4 Å². The van der Waals surface area contributed by atoms with E-state index in [0.717, 1.165) is 10.6 Å². The lowest BCUT2D eigenvalue weighted by Gasteiger charge is -2.21. The van der Waals surface area contributed by atoms with Gasteiger partial charge in [0, 0.05) is 10.6 Å². The van der Waals surface area contributed by atoms with Crippen LogP contribution in [0.25, 0.3) is 0 Å². The number of amides is 2. The average molecular weight is 432 g/mol. The maximum atomic E-state index is 12.8. The van der Waals surface area contributed by atoms with Crippen LogP contribution in [0.15, 0.2) is 29.2 Å². The molecule has 0 radical (unpaired) electrons. The second-order valence-electron chi connectivity index (χ2n) is 6.38. The molecule has 2 aliphatic rings. The predicted molar refractivity (Wildman–Crippen MR) is 106 cm³/mol. The van der Waals surface area contributed by atoms with Gasteiger partial charge in [0.05, 0.1) is 17.4 Å². The maximum absolute atomic E-state index is 12.8. The van der Waals surface area contributed by atoms with Gasteiger partial charge >= 0.3 is 6.09 Å².